The Morgan fingerprint density at radius 3 is 1.64 bits per heavy atom. The van der Waals surface area contributed by atoms with E-state index in [0.29, 0.717) is 42.5 Å². The number of unbranched alkanes of at least 4 members (excludes halogenated alkanes) is 3. The van der Waals surface area contributed by atoms with Crippen LogP contribution >= 0.6 is 0 Å². The van der Waals surface area contributed by atoms with Gasteiger partial charge in [-0.1, -0.05) is 73.5 Å². The summed E-state index contributed by atoms with van der Waals surface area (Å²) in [6.45, 7) is 8.10. The van der Waals surface area contributed by atoms with E-state index in [2.05, 4.69) is 0 Å². The molecule has 3 saturated heterocycles. The maximum Gasteiger partial charge on any atom is 0.360 e. The molecule has 0 radical (unpaired) electrons. The molecule has 246 valence electrons. The third-order valence-corrected chi connectivity index (χ3v) is 9.88. The molecular weight excluding hydrogens is 590 g/mol. The van der Waals surface area contributed by atoms with Gasteiger partial charge >= 0.3 is 17.9 Å². The number of hydrogen-bond donors (Lipinski definition) is 0. The number of esters is 3. The molecule has 0 amide bonds. The first-order chi connectivity index (χ1) is 21.1. The van der Waals surface area contributed by atoms with Crippen molar-refractivity contribution in [2.45, 2.75) is 127 Å². The molecule has 3 aliphatic heterocycles. The number of quaternary nitrogens is 1. The molecule has 0 aromatic heterocycles. The van der Waals surface area contributed by atoms with Crippen molar-refractivity contribution in [3.8, 4) is 0 Å². The van der Waals surface area contributed by atoms with E-state index in [1.54, 1.807) is 0 Å². The number of piperidine rings is 1. The quantitative estimate of drug-likeness (QED) is 0.151. The minimum atomic E-state index is -1.69. The summed E-state index contributed by atoms with van der Waals surface area (Å²) in [5.41, 5.74) is -1.00. The number of hydrogen-bond acceptors (Lipinski definition) is 6. The van der Waals surface area contributed by atoms with Gasteiger partial charge in [0.15, 0.2) is 0 Å². The van der Waals surface area contributed by atoms with E-state index < -0.39 is 23.1 Å². The Hall–Kier alpha value is -2.90. The van der Waals surface area contributed by atoms with Crippen LogP contribution in [0.1, 0.15) is 109 Å². The lowest BCUT2D eigenvalue weighted by Gasteiger charge is -2.47. The molecule has 0 aliphatic carbocycles. The zero-order valence-electron chi connectivity index (χ0n) is 27.2. The first kappa shape index (κ1) is 35.0. The average molecular weight is 640 g/mol. The van der Waals surface area contributed by atoms with E-state index >= 15 is 0 Å². The van der Waals surface area contributed by atoms with Crippen molar-refractivity contribution in [2.75, 3.05) is 13.1 Å². The molecule has 2 unspecified atom stereocenters. The van der Waals surface area contributed by atoms with Crippen molar-refractivity contribution in [3.05, 3.63) is 71.8 Å². The van der Waals surface area contributed by atoms with E-state index in [1.807, 2.05) is 81.4 Å². The fourth-order valence-electron chi connectivity index (χ4n) is 7.96. The van der Waals surface area contributed by atoms with Gasteiger partial charge in [-0.05, 0) is 33.6 Å². The van der Waals surface area contributed by atoms with Gasteiger partial charge in [0, 0.05) is 62.5 Å². The van der Waals surface area contributed by atoms with Gasteiger partial charge in [0.25, 0.3) is 5.60 Å². The standard InChI is InChI=1S/C37H50NO6.ClH/c1-36(2,3)43-33(39)20-12-4-5-13-21-34(40)44-37(28-16-8-6-9-17-28,29-18-10-7-11-19-29)35(41)42-32-26-30-22-23-31(27-32)38(30)24-14-15-25-38;/h6-11,16-19,30-32H,4-5,12-15,20-27H2,1-3H3;1H/q+1;/p-1. The number of halogens is 1. The molecule has 3 aliphatic rings. The predicted octanol–water partition coefficient (Wildman–Crippen LogP) is 4.01. The van der Waals surface area contributed by atoms with Crippen LogP contribution in [0.25, 0.3) is 0 Å². The molecule has 8 heteroatoms. The van der Waals surface area contributed by atoms with E-state index in [1.165, 1.54) is 43.3 Å². The van der Waals surface area contributed by atoms with Crippen LogP contribution in [-0.4, -0.2) is 59.3 Å². The van der Waals surface area contributed by atoms with Gasteiger partial charge in [-0.25, -0.2) is 4.79 Å². The number of nitrogens with zero attached hydrogens (tertiary/aromatic N) is 1. The molecule has 1 spiro atoms. The largest absolute Gasteiger partial charge is 1.00 e. The fourth-order valence-corrected chi connectivity index (χ4v) is 7.96. The third-order valence-electron chi connectivity index (χ3n) is 9.88. The van der Waals surface area contributed by atoms with Crippen molar-refractivity contribution in [1.82, 2.24) is 0 Å². The SMILES string of the molecule is CC(C)(C)OC(=O)CCCCCCC(=O)OC(C(=O)OC1CC2CCC(C1)[N+]21CCCC1)(c1ccccc1)c1ccccc1.[Cl-]. The van der Waals surface area contributed by atoms with Gasteiger partial charge in [-0.2, -0.15) is 0 Å². The van der Waals surface area contributed by atoms with Crippen LogP contribution in [0.2, 0.25) is 0 Å². The molecule has 2 aromatic carbocycles. The third kappa shape index (κ3) is 8.10. The van der Waals surface area contributed by atoms with Crippen LogP contribution in [0, 0.1) is 0 Å². The first-order valence-corrected chi connectivity index (χ1v) is 16.7. The second-order valence-corrected chi connectivity index (χ2v) is 14.0. The molecule has 3 fully saturated rings. The number of rotatable bonds is 12. The Bertz CT molecular complexity index is 1220. The smallest absolute Gasteiger partial charge is 0.360 e. The number of benzene rings is 2. The first-order valence-electron chi connectivity index (χ1n) is 16.7. The highest BCUT2D eigenvalue weighted by molar-refractivity contribution is 5.89. The van der Waals surface area contributed by atoms with Crippen LogP contribution < -0.4 is 12.4 Å². The summed E-state index contributed by atoms with van der Waals surface area (Å²) in [6, 6.07) is 19.7. The lowest BCUT2D eigenvalue weighted by Crippen LogP contribution is -3.00. The van der Waals surface area contributed by atoms with Crippen molar-refractivity contribution < 1.29 is 45.5 Å². The Labute approximate surface area is 275 Å². The molecule has 7 nitrogen and oxygen atoms in total. The Kier molecular flexibility index (Phi) is 11.8. The van der Waals surface area contributed by atoms with Crippen LogP contribution in [0.5, 0.6) is 0 Å². The summed E-state index contributed by atoms with van der Waals surface area (Å²) in [7, 11) is 0. The monoisotopic (exact) mass is 639 g/mol. The Morgan fingerprint density at radius 2 is 1.18 bits per heavy atom. The Morgan fingerprint density at radius 1 is 0.711 bits per heavy atom. The lowest BCUT2D eigenvalue weighted by atomic mass is 9.85. The molecule has 0 saturated carbocycles. The predicted molar refractivity (Wildman–Crippen MR) is 168 cm³/mol. The van der Waals surface area contributed by atoms with E-state index in [9.17, 15) is 14.4 Å². The van der Waals surface area contributed by atoms with Crippen molar-refractivity contribution in [2.24, 2.45) is 0 Å². The van der Waals surface area contributed by atoms with Gasteiger partial charge in [-0.3, -0.25) is 9.59 Å². The van der Waals surface area contributed by atoms with E-state index in [0.717, 1.165) is 25.7 Å². The molecule has 0 N–H and O–H groups in total. The summed E-state index contributed by atoms with van der Waals surface area (Å²) in [4.78, 5) is 39.9. The zero-order valence-corrected chi connectivity index (χ0v) is 27.9. The number of carbonyl (C=O) groups is 3. The molecule has 3 heterocycles. The number of carbonyl (C=O) groups excluding carboxylic acids is 3. The van der Waals surface area contributed by atoms with Crippen molar-refractivity contribution >= 4 is 17.9 Å². The lowest BCUT2D eigenvalue weighted by molar-refractivity contribution is -0.956. The summed E-state index contributed by atoms with van der Waals surface area (Å²) in [5, 5.41) is 0. The van der Waals surface area contributed by atoms with Crippen LogP contribution in [0.3, 0.4) is 0 Å². The van der Waals surface area contributed by atoms with Crippen LogP contribution in [0.15, 0.2) is 60.7 Å². The highest BCUT2D eigenvalue weighted by Gasteiger charge is 2.57. The van der Waals surface area contributed by atoms with E-state index in [-0.39, 0.29) is 30.9 Å². The van der Waals surface area contributed by atoms with Gasteiger partial charge in [-0.15, -0.1) is 0 Å². The maximum atomic E-state index is 14.4. The highest BCUT2D eigenvalue weighted by Crippen LogP contribution is 2.47. The normalized spacial score (nSPS) is 22.0. The highest BCUT2D eigenvalue weighted by atomic mass is 35.5. The Balaban J connectivity index is 0.00000461. The summed E-state index contributed by atoms with van der Waals surface area (Å²) >= 11 is 0. The molecule has 45 heavy (non-hydrogen) atoms. The van der Waals surface area contributed by atoms with Crippen molar-refractivity contribution in [1.29, 1.82) is 0 Å². The minimum Gasteiger partial charge on any atom is -1.00 e. The maximum absolute atomic E-state index is 14.4. The molecule has 5 rings (SSSR count). The summed E-state index contributed by atoms with van der Waals surface area (Å²) < 4.78 is 19.3. The van der Waals surface area contributed by atoms with Crippen molar-refractivity contribution in [3.63, 3.8) is 0 Å². The van der Waals surface area contributed by atoms with E-state index in [4.69, 9.17) is 14.2 Å². The zero-order chi connectivity index (χ0) is 31.2. The number of ether oxygens (including phenoxy) is 3. The van der Waals surface area contributed by atoms with Gasteiger partial charge < -0.3 is 31.1 Å². The molecular formula is C37H50ClNO6. The van der Waals surface area contributed by atoms with Gasteiger partial charge in [0.05, 0.1) is 25.2 Å². The van der Waals surface area contributed by atoms with Crippen LogP contribution in [0.4, 0.5) is 0 Å². The van der Waals surface area contributed by atoms with Gasteiger partial charge in [0.1, 0.15) is 11.7 Å². The summed E-state index contributed by atoms with van der Waals surface area (Å²) in [6.07, 6.45) is 9.99. The van der Waals surface area contributed by atoms with Crippen LogP contribution in [-0.2, 0) is 34.2 Å². The second-order valence-electron chi connectivity index (χ2n) is 14.0. The second kappa shape index (κ2) is 15.1. The molecule has 2 aromatic rings. The molecule has 2 bridgehead atoms. The topological polar surface area (TPSA) is 78.9 Å². The minimum absolute atomic E-state index is 0. The fraction of sp³-hybridized carbons (Fsp3) is 0.595. The van der Waals surface area contributed by atoms with Gasteiger partial charge in [0.2, 0.25) is 0 Å². The average Bonchev–Trinajstić information content (AvgIpc) is 3.54. The molecule has 2 atom stereocenters. The summed E-state index contributed by atoms with van der Waals surface area (Å²) in [5.74, 6) is -1.15.